The topological polar surface area (TPSA) is 130 Å². The maximum Gasteiger partial charge on any atom is 0.290 e. The van der Waals surface area contributed by atoms with Crippen molar-refractivity contribution in [3.8, 4) is 0 Å². The maximum absolute atomic E-state index is 13.1. The SMILES string of the molecule is Cc1ccc(S(=O)(=O)N2CCC[C@H]2C(=O)NNC(=O)c2nn(C(C)C)c(=O)c3ccccc23)cc1. The van der Waals surface area contributed by atoms with Gasteiger partial charge in [-0.2, -0.15) is 9.40 Å². The summed E-state index contributed by atoms with van der Waals surface area (Å²) in [6, 6.07) is 11.8. The fraction of sp³-hybridized carbons (Fsp3) is 0.333. The van der Waals surface area contributed by atoms with Crippen molar-refractivity contribution in [3.63, 3.8) is 0 Å². The number of carbonyl (C=O) groups excluding carboxylic acids is 2. The summed E-state index contributed by atoms with van der Waals surface area (Å²) in [5.41, 5.74) is 5.26. The third-order valence-corrected chi connectivity index (χ3v) is 7.89. The van der Waals surface area contributed by atoms with Gasteiger partial charge in [0.05, 0.1) is 16.3 Å². The van der Waals surface area contributed by atoms with Crippen LogP contribution in [0.3, 0.4) is 0 Å². The number of hydrogen-bond donors (Lipinski definition) is 2. The van der Waals surface area contributed by atoms with Gasteiger partial charge in [-0.05, 0) is 51.8 Å². The van der Waals surface area contributed by atoms with Crippen LogP contribution in [0.25, 0.3) is 10.8 Å². The number of aryl methyl sites for hydroxylation is 1. The lowest BCUT2D eigenvalue weighted by molar-refractivity contribution is -0.125. The van der Waals surface area contributed by atoms with Gasteiger partial charge < -0.3 is 0 Å². The molecule has 1 atom stereocenters. The van der Waals surface area contributed by atoms with Crippen LogP contribution in [0.15, 0.2) is 58.2 Å². The molecule has 4 rings (SSSR count). The van der Waals surface area contributed by atoms with Gasteiger partial charge in [-0.15, -0.1) is 0 Å². The fourth-order valence-corrected chi connectivity index (χ4v) is 5.78. The summed E-state index contributed by atoms with van der Waals surface area (Å²) >= 11 is 0. The van der Waals surface area contributed by atoms with Crippen molar-refractivity contribution < 1.29 is 18.0 Å². The van der Waals surface area contributed by atoms with Gasteiger partial charge in [0.2, 0.25) is 10.0 Å². The molecule has 1 aliphatic heterocycles. The molecular formula is C24H27N5O5S. The van der Waals surface area contributed by atoms with Gasteiger partial charge in [-0.25, -0.2) is 13.1 Å². The first-order valence-electron chi connectivity index (χ1n) is 11.3. The highest BCUT2D eigenvalue weighted by molar-refractivity contribution is 7.89. The van der Waals surface area contributed by atoms with E-state index in [0.29, 0.717) is 23.6 Å². The molecule has 35 heavy (non-hydrogen) atoms. The van der Waals surface area contributed by atoms with Gasteiger partial charge >= 0.3 is 0 Å². The van der Waals surface area contributed by atoms with Crippen LogP contribution in [0.1, 0.15) is 48.8 Å². The van der Waals surface area contributed by atoms with E-state index < -0.39 is 27.9 Å². The molecule has 0 aliphatic carbocycles. The molecule has 11 heteroatoms. The van der Waals surface area contributed by atoms with Crippen LogP contribution in [-0.2, 0) is 14.8 Å². The van der Waals surface area contributed by atoms with Crippen molar-refractivity contribution in [2.24, 2.45) is 0 Å². The van der Waals surface area contributed by atoms with E-state index in [0.717, 1.165) is 9.87 Å². The summed E-state index contributed by atoms with van der Waals surface area (Å²) < 4.78 is 28.6. The molecule has 2 N–H and O–H groups in total. The van der Waals surface area contributed by atoms with Crippen LogP contribution >= 0.6 is 0 Å². The third-order valence-electron chi connectivity index (χ3n) is 5.97. The van der Waals surface area contributed by atoms with Gasteiger partial charge in [-0.3, -0.25) is 25.2 Å². The van der Waals surface area contributed by atoms with Crippen molar-refractivity contribution in [2.75, 3.05) is 6.54 Å². The van der Waals surface area contributed by atoms with E-state index in [1.54, 1.807) is 50.2 Å². The van der Waals surface area contributed by atoms with E-state index in [-0.39, 0.29) is 28.7 Å². The van der Waals surface area contributed by atoms with Crippen molar-refractivity contribution in [1.29, 1.82) is 0 Å². The fourth-order valence-electron chi connectivity index (χ4n) is 4.12. The largest absolute Gasteiger partial charge is 0.290 e. The molecular weight excluding hydrogens is 470 g/mol. The quantitative estimate of drug-likeness (QED) is 0.518. The zero-order chi connectivity index (χ0) is 25.3. The van der Waals surface area contributed by atoms with Crippen molar-refractivity contribution in [1.82, 2.24) is 24.9 Å². The molecule has 0 radical (unpaired) electrons. The molecule has 2 heterocycles. The van der Waals surface area contributed by atoms with Crippen LogP contribution in [-0.4, -0.2) is 46.9 Å². The second-order valence-electron chi connectivity index (χ2n) is 8.77. The van der Waals surface area contributed by atoms with Gasteiger partial charge in [0, 0.05) is 11.9 Å². The number of nitrogens with zero attached hydrogens (tertiary/aromatic N) is 3. The second kappa shape index (κ2) is 9.59. The van der Waals surface area contributed by atoms with Crippen LogP contribution in [0.4, 0.5) is 0 Å². The number of hydrogen-bond acceptors (Lipinski definition) is 6. The number of nitrogens with one attached hydrogen (secondary N) is 2. The zero-order valence-electron chi connectivity index (χ0n) is 19.7. The summed E-state index contributed by atoms with van der Waals surface area (Å²) in [7, 11) is -3.88. The predicted molar refractivity (Wildman–Crippen MR) is 130 cm³/mol. The lowest BCUT2D eigenvalue weighted by Gasteiger charge is -2.23. The molecule has 0 unspecified atom stereocenters. The summed E-state index contributed by atoms with van der Waals surface area (Å²) in [6.07, 6.45) is 0.842. The van der Waals surface area contributed by atoms with Gasteiger partial charge in [0.15, 0.2) is 5.69 Å². The minimum atomic E-state index is -3.88. The number of hydrazine groups is 1. The Balaban J connectivity index is 1.54. The van der Waals surface area contributed by atoms with E-state index in [2.05, 4.69) is 16.0 Å². The standard InChI is InChI=1S/C24H27N5O5S/c1-15(2)29-24(32)19-8-5-4-7-18(19)21(27-29)23(31)26-25-22(30)20-9-6-14-28(20)35(33,34)17-12-10-16(3)11-13-17/h4-5,7-8,10-13,15,20H,6,9,14H2,1-3H3,(H,25,30)(H,26,31)/t20-/m0/s1. The number of rotatable bonds is 5. The molecule has 1 aromatic heterocycles. The summed E-state index contributed by atoms with van der Waals surface area (Å²) in [6.45, 7) is 5.61. The van der Waals surface area contributed by atoms with Crippen LogP contribution in [0, 0.1) is 6.92 Å². The molecule has 1 aliphatic rings. The molecule has 184 valence electrons. The van der Waals surface area contributed by atoms with E-state index >= 15 is 0 Å². The minimum Gasteiger partial charge on any atom is -0.271 e. The first-order chi connectivity index (χ1) is 16.6. The van der Waals surface area contributed by atoms with Crippen molar-refractivity contribution in [2.45, 2.75) is 50.6 Å². The molecule has 1 saturated heterocycles. The van der Waals surface area contributed by atoms with Crippen LogP contribution < -0.4 is 16.4 Å². The normalized spacial score (nSPS) is 16.5. The highest BCUT2D eigenvalue weighted by atomic mass is 32.2. The van der Waals surface area contributed by atoms with Crippen LogP contribution in [0.2, 0.25) is 0 Å². The highest BCUT2D eigenvalue weighted by Crippen LogP contribution is 2.26. The molecule has 0 spiro atoms. The molecule has 2 amide bonds. The number of carbonyl (C=O) groups is 2. The van der Waals surface area contributed by atoms with Crippen molar-refractivity contribution in [3.05, 3.63) is 70.1 Å². The number of benzene rings is 2. The minimum absolute atomic E-state index is 0.0234. The van der Waals surface area contributed by atoms with E-state index in [1.807, 2.05) is 6.92 Å². The molecule has 2 aromatic carbocycles. The molecule has 3 aromatic rings. The summed E-state index contributed by atoms with van der Waals surface area (Å²) in [4.78, 5) is 38.7. The first-order valence-corrected chi connectivity index (χ1v) is 12.8. The zero-order valence-corrected chi connectivity index (χ0v) is 20.5. The molecule has 0 bridgehead atoms. The van der Waals surface area contributed by atoms with Gasteiger partial charge in [-0.1, -0.05) is 35.9 Å². The Kier molecular flexibility index (Phi) is 6.73. The number of fused-ring (bicyclic) bond motifs is 1. The Morgan fingerprint density at radius 2 is 1.69 bits per heavy atom. The second-order valence-corrected chi connectivity index (χ2v) is 10.7. The lowest BCUT2D eigenvalue weighted by Crippen LogP contribution is -2.51. The Labute approximate surface area is 203 Å². The average Bonchev–Trinajstić information content (AvgIpc) is 3.34. The number of sulfonamides is 1. The predicted octanol–water partition coefficient (Wildman–Crippen LogP) is 1.90. The Hall–Kier alpha value is -3.57. The Morgan fingerprint density at radius 3 is 2.34 bits per heavy atom. The average molecular weight is 498 g/mol. The smallest absolute Gasteiger partial charge is 0.271 e. The number of aromatic nitrogens is 2. The Morgan fingerprint density at radius 1 is 1.03 bits per heavy atom. The lowest BCUT2D eigenvalue weighted by atomic mass is 10.1. The van der Waals surface area contributed by atoms with Gasteiger partial charge in [0.1, 0.15) is 6.04 Å². The molecule has 1 fully saturated rings. The number of amides is 2. The van der Waals surface area contributed by atoms with Gasteiger partial charge in [0.25, 0.3) is 17.4 Å². The summed E-state index contributed by atoms with van der Waals surface area (Å²) in [5, 5.41) is 4.90. The molecule has 10 nitrogen and oxygen atoms in total. The monoisotopic (exact) mass is 497 g/mol. The maximum atomic E-state index is 13.1. The van der Waals surface area contributed by atoms with Crippen molar-refractivity contribution >= 4 is 32.6 Å². The molecule has 0 saturated carbocycles. The third kappa shape index (κ3) is 4.69. The summed E-state index contributed by atoms with van der Waals surface area (Å²) in [5.74, 6) is -1.36. The van der Waals surface area contributed by atoms with E-state index in [1.165, 1.54) is 16.8 Å². The van der Waals surface area contributed by atoms with E-state index in [9.17, 15) is 22.8 Å². The highest BCUT2D eigenvalue weighted by Gasteiger charge is 2.39. The van der Waals surface area contributed by atoms with E-state index in [4.69, 9.17) is 0 Å². The first kappa shape index (κ1) is 24.6. The van der Waals surface area contributed by atoms with Crippen LogP contribution in [0.5, 0.6) is 0 Å². The Bertz CT molecular complexity index is 1450.